The third-order valence-electron chi connectivity index (χ3n) is 4.80. The van der Waals surface area contributed by atoms with Gasteiger partial charge in [0.1, 0.15) is 0 Å². The van der Waals surface area contributed by atoms with E-state index in [0.717, 1.165) is 0 Å². The quantitative estimate of drug-likeness (QED) is 0.901. The summed E-state index contributed by atoms with van der Waals surface area (Å²) < 4.78 is 0. The Labute approximate surface area is 127 Å². The highest BCUT2D eigenvalue weighted by Gasteiger charge is 2.35. The molecule has 0 radical (unpaired) electrons. The number of hydrogen-bond acceptors (Lipinski definition) is 2. The molecule has 1 fully saturated rings. The van der Waals surface area contributed by atoms with E-state index in [4.69, 9.17) is 0 Å². The molecule has 2 aromatic rings. The first-order valence-corrected chi connectivity index (χ1v) is 7.88. The van der Waals surface area contributed by atoms with Gasteiger partial charge in [0.15, 0.2) is 0 Å². The van der Waals surface area contributed by atoms with Gasteiger partial charge >= 0.3 is 0 Å². The van der Waals surface area contributed by atoms with Crippen molar-refractivity contribution in [2.75, 3.05) is 0 Å². The van der Waals surface area contributed by atoms with E-state index >= 15 is 0 Å². The lowest BCUT2D eigenvalue weighted by Gasteiger charge is -2.32. The average molecular weight is 280 g/mol. The Hall–Kier alpha value is -1.67. The van der Waals surface area contributed by atoms with E-state index < -0.39 is 0 Å². The fraction of sp³-hybridized carbons (Fsp3) is 0.421. The van der Waals surface area contributed by atoms with Gasteiger partial charge in [0.05, 0.1) is 6.04 Å². The lowest BCUT2D eigenvalue weighted by atomic mass is 9.86. The van der Waals surface area contributed by atoms with E-state index in [9.17, 15) is 0 Å². The van der Waals surface area contributed by atoms with Crippen LogP contribution in [0.1, 0.15) is 50.3 Å². The Morgan fingerprint density at radius 1 is 1.05 bits per heavy atom. The van der Waals surface area contributed by atoms with Crippen molar-refractivity contribution in [2.45, 2.75) is 45.2 Å². The molecule has 0 saturated heterocycles. The van der Waals surface area contributed by atoms with E-state index in [-0.39, 0.29) is 6.04 Å². The second kappa shape index (κ2) is 5.98. The first-order valence-electron chi connectivity index (χ1n) is 7.88. The van der Waals surface area contributed by atoms with Crippen LogP contribution in [0.25, 0.3) is 0 Å². The molecular weight excluding hydrogens is 256 g/mol. The predicted octanol–water partition coefficient (Wildman–Crippen LogP) is 4.34. The Bertz CT molecular complexity index is 523. The van der Waals surface area contributed by atoms with Crippen LogP contribution in [0, 0.1) is 5.41 Å². The molecule has 1 aromatic heterocycles. The average Bonchev–Trinajstić information content (AvgIpc) is 2.85. The Morgan fingerprint density at radius 2 is 1.71 bits per heavy atom. The topological polar surface area (TPSA) is 24.9 Å². The van der Waals surface area contributed by atoms with Crippen molar-refractivity contribution in [1.82, 2.24) is 10.3 Å². The molecule has 2 atom stereocenters. The molecule has 1 N–H and O–H groups in total. The molecule has 21 heavy (non-hydrogen) atoms. The minimum atomic E-state index is 0.247. The summed E-state index contributed by atoms with van der Waals surface area (Å²) in [5.41, 5.74) is 2.99. The highest BCUT2D eigenvalue weighted by atomic mass is 15.0. The second-order valence-electron chi connectivity index (χ2n) is 6.72. The number of rotatable bonds is 4. The molecule has 1 heterocycles. The van der Waals surface area contributed by atoms with Crippen molar-refractivity contribution in [3.8, 4) is 0 Å². The lowest BCUT2D eigenvalue weighted by molar-refractivity contribution is 0.271. The molecule has 1 aliphatic carbocycles. The highest BCUT2D eigenvalue weighted by molar-refractivity contribution is 5.30. The summed E-state index contributed by atoms with van der Waals surface area (Å²) in [5.74, 6) is 0. The number of pyridine rings is 1. The van der Waals surface area contributed by atoms with Crippen LogP contribution in [-0.2, 0) is 0 Å². The summed E-state index contributed by atoms with van der Waals surface area (Å²) in [7, 11) is 0. The Kier molecular flexibility index (Phi) is 4.07. The summed E-state index contributed by atoms with van der Waals surface area (Å²) in [4.78, 5) is 4.15. The van der Waals surface area contributed by atoms with Crippen LogP contribution in [-0.4, -0.2) is 11.0 Å². The molecular formula is C19H24N2. The van der Waals surface area contributed by atoms with Crippen LogP contribution in [0.3, 0.4) is 0 Å². The van der Waals surface area contributed by atoms with E-state index in [1.165, 1.54) is 30.4 Å². The van der Waals surface area contributed by atoms with Crippen LogP contribution in [0.2, 0.25) is 0 Å². The number of aromatic nitrogens is 1. The van der Waals surface area contributed by atoms with Crippen LogP contribution < -0.4 is 5.32 Å². The zero-order valence-electron chi connectivity index (χ0n) is 12.9. The van der Waals surface area contributed by atoms with Crippen molar-refractivity contribution in [3.63, 3.8) is 0 Å². The molecule has 2 heteroatoms. The fourth-order valence-electron chi connectivity index (χ4n) is 3.42. The lowest BCUT2D eigenvalue weighted by Crippen LogP contribution is -2.40. The maximum Gasteiger partial charge on any atom is 0.0580 e. The minimum absolute atomic E-state index is 0.247. The van der Waals surface area contributed by atoms with Crippen LogP contribution in [0.4, 0.5) is 0 Å². The third-order valence-corrected chi connectivity index (χ3v) is 4.80. The monoisotopic (exact) mass is 280 g/mol. The zero-order valence-corrected chi connectivity index (χ0v) is 12.9. The predicted molar refractivity (Wildman–Crippen MR) is 87.1 cm³/mol. The molecule has 2 nitrogen and oxygen atoms in total. The summed E-state index contributed by atoms with van der Waals surface area (Å²) in [5, 5.41) is 3.91. The van der Waals surface area contributed by atoms with Crippen molar-refractivity contribution < 1.29 is 0 Å². The smallest absolute Gasteiger partial charge is 0.0580 e. The first kappa shape index (κ1) is 14.3. The molecule has 0 bridgehead atoms. The van der Waals surface area contributed by atoms with Gasteiger partial charge in [-0.15, -0.1) is 0 Å². The van der Waals surface area contributed by atoms with Crippen LogP contribution in [0.5, 0.6) is 0 Å². The molecule has 0 aliphatic heterocycles. The fourth-order valence-corrected chi connectivity index (χ4v) is 3.42. The molecule has 3 rings (SSSR count). The summed E-state index contributed by atoms with van der Waals surface area (Å²) in [6, 6.07) is 15.8. The van der Waals surface area contributed by atoms with E-state index in [2.05, 4.69) is 66.6 Å². The van der Waals surface area contributed by atoms with Gasteiger partial charge in [0.25, 0.3) is 0 Å². The molecule has 110 valence electrons. The van der Waals surface area contributed by atoms with Crippen molar-refractivity contribution >= 4 is 0 Å². The zero-order chi connectivity index (χ0) is 14.7. The Balaban J connectivity index is 1.90. The SMILES string of the molecule is CC1(C)CCCC1NC(c1ccccc1)c1ccncc1. The van der Waals surface area contributed by atoms with E-state index in [1.807, 2.05) is 12.4 Å². The number of nitrogens with one attached hydrogen (secondary N) is 1. The van der Waals surface area contributed by atoms with Gasteiger partial charge in [-0.3, -0.25) is 4.98 Å². The van der Waals surface area contributed by atoms with Gasteiger partial charge in [-0.25, -0.2) is 0 Å². The van der Waals surface area contributed by atoms with Crippen molar-refractivity contribution in [2.24, 2.45) is 5.41 Å². The van der Waals surface area contributed by atoms with Gasteiger partial charge in [-0.2, -0.15) is 0 Å². The first-order chi connectivity index (χ1) is 10.2. The third kappa shape index (κ3) is 3.16. The normalized spacial score (nSPS) is 22.1. The summed E-state index contributed by atoms with van der Waals surface area (Å²) in [6.07, 6.45) is 7.66. The number of hydrogen-bond donors (Lipinski definition) is 1. The van der Waals surface area contributed by atoms with Gasteiger partial charge in [-0.1, -0.05) is 50.6 Å². The van der Waals surface area contributed by atoms with Crippen LogP contribution in [0.15, 0.2) is 54.9 Å². The maximum absolute atomic E-state index is 4.15. The molecule has 0 spiro atoms. The highest BCUT2D eigenvalue weighted by Crippen LogP contribution is 2.39. The van der Waals surface area contributed by atoms with Crippen molar-refractivity contribution in [1.29, 1.82) is 0 Å². The van der Waals surface area contributed by atoms with E-state index in [1.54, 1.807) is 0 Å². The number of nitrogens with zero attached hydrogens (tertiary/aromatic N) is 1. The summed E-state index contributed by atoms with van der Waals surface area (Å²) in [6.45, 7) is 4.76. The maximum atomic E-state index is 4.15. The standard InChI is InChI=1S/C19H24N2/c1-19(2)12-6-9-17(19)21-18(15-7-4-3-5-8-15)16-10-13-20-14-11-16/h3-5,7-8,10-11,13-14,17-18,21H,6,9,12H2,1-2H3. The van der Waals surface area contributed by atoms with Gasteiger partial charge in [0, 0.05) is 18.4 Å². The van der Waals surface area contributed by atoms with Crippen molar-refractivity contribution in [3.05, 3.63) is 66.0 Å². The second-order valence-corrected chi connectivity index (χ2v) is 6.72. The van der Waals surface area contributed by atoms with Gasteiger partial charge in [-0.05, 0) is 41.5 Å². The summed E-state index contributed by atoms with van der Waals surface area (Å²) >= 11 is 0. The Morgan fingerprint density at radius 3 is 2.33 bits per heavy atom. The molecule has 1 aromatic carbocycles. The molecule has 2 unspecified atom stereocenters. The number of benzene rings is 1. The van der Waals surface area contributed by atoms with Gasteiger partial charge < -0.3 is 5.32 Å². The van der Waals surface area contributed by atoms with Crippen LogP contribution >= 0.6 is 0 Å². The molecule has 1 saturated carbocycles. The minimum Gasteiger partial charge on any atom is -0.303 e. The molecule has 1 aliphatic rings. The van der Waals surface area contributed by atoms with E-state index in [0.29, 0.717) is 11.5 Å². The van der Waals surface area contributed by atoms with Gasteiger partial charge in [0.2, 0.25) is 0 Å². The molecule has 0 amide bonds. The largest absolute Gasteiger partial charge is 0.303 e.